The molecule has 2 aromatic carbocycles. The number of aromatic amines is 1. The van der Waals surface area contributed by atoms with E-state index in [1.807, 2.05) is 61.7 Å². The topological polar surface area (TPSA) is 102 Å². The first-order chi connectivity index (χ1) is 16.1. The van der Waals surface area contributed by atoms with Crippen molar-refractivity contribution in [2.24, 2.45) is 0 Å². The second kappa shape index (κ2) is 9.95. The number of carbonyl (C=O) groups excluding carboxylic acids is 1. The van der Waals surface area contributed by atoms with Gasteiger partial charge in [0.1, 0.15) is 11.6 Å². The molecule has 0 saturated carbocycles. The second-order valence-electron chi connectivity index (χ2n) is 7.37. The van der Waals surface area contributed by atoms with E-state index in [-0.39, 0.29) is 6.61 Å². The Morgan fingerprint density at radius 3 is 2.64 bits per heavy atom. The normalized spacial score (nSPS) is 10.6. The van der Waals surface area contributed by atoms with Crippen molar-refractivity contribution in [1.82, 2.24) is 19.9 Å². The highest BCUT2D eigenvalue weighted by atomic mass is 16.5. The number of rotatable bonds is 8. The molecule has 8 nitrogen and oxygen atoms in total. The van der Waals surface area contributed by atoms with Gasteiger partial charge >= 0.3 is 5.97 Å². The third kappa shape index (κ3) is 5.17. The largest absolute Gasteiger partial charge is 0.496 e. The zero-order valence-electron chi connectivity index (χ0n) is 18.8. The number of nitrogens with one attached hydrogen (secondary N) is 2. The number of hydrogen-bond donors (Lipinski definition) is 2. The molecule has 0 unspecified atom stereocenters. The van der Waals surface area contributed by atoms with Crippen LogP contribution >= 0.6 is 0 Å². The fraction of sp³-hybridized carbons (Fsp3) is 0.200. The van der Waals surface area contributed by atoms with Crippen molar-refractivity contribution in [3.63, 3.8) is 0 Å². The van der Waals surface area contributed by atoms with Crippen LogP contribution in [0.15, 0.2) is 60.9 Å². The van der Waals surface area contributed by atoms with Gasteiger partial charge in [0.25, 0.3) is 0 Å². The molecule has 0 atom stereocenters. The summed E-state index contributed by atoms with van der Waals surface area (Å²) in [7, 11) is 1.61. The van der Waals surface area contributed by atoms with Crippen LogP contribution in [0.4, 0.5) is 11.6 Å². The van der Waals surface area contributed by atoms with E-state index in [0.717, 1.165) is 28.3 Å². The Morgan fingerprint density at radius 1 is 1.12 bits per heavy atom. The van der Waals surface area contributed by atoms with Crippen LogP contribution in [0.1, 0.15) is 34.2 Å². The van der Waals surface area contributed by atoms with Gasteiger partial charge in [0.15, 0.2) is 0 Å². The van der Waals surface area contributed by atoms with E-state index in [1.165, 1.54) is 6.20 Å². The van der Waals surface area contributed by atoms with Crippen LogP contribution in [0.2, 0.25) is 0 Å². The van der Waals surface area contributed by atoms with Gasteiger partial charge in [0.05, 0.1) is 36.2 Å². The van der Waals surface area contributed by atoms with Crippen molar-refractivity contribution in [3.8, 4) is 17.1 Å². The summed E-state index contributed by atoms with van der Waals surface area (Å²) in [5.74, 6) is 1.32. The van der Waals surface area contributed by atoms with Crippen molar-refractivity contribution < 1.29 is 14.3 Å². The molecule has 33 heavy (non-hydrogen) atoms. The van der Waals surface area contributed by atoms with E-state index in [0.29, 0.717) is 29.4 Å². The van der Waals surface area contributed by atoms with Crippen LogP contribution in [0.3, 0.4) is 0 Å². The molecule has 0 aliphatic carbocycles. The smallest absolute Gasteiger partial charge is 0.341 e. The second-order valence-corrected chi connectivity index (χ2v) is 7.37. The van der Waals surface area contributed by atoms with Crippen LogP contribution in [-0.2, 0) is 11.2 Å². The molecule has 0 saturated heterocycles. The standard InChI is InChI=1S/C25H25N5O3/c1-4-33-24(31)20-15-27-25(30-21(20)12-17-8-6-5-7-9-17)29-18-10-11-19(22(13-18)32-3)23-26-14-16(2)28-23/h5-11,13-15H,4,12H2,1-3H3,(H,26,28)(H,27,29,30). The van der Waals surface area contributed by atoms with E-state index in [9.17, 15) is 4.79 Å². The van der Waals surface area contributed by atoms with Gasteiger partial charge in [-0.15, -0.1) is 0 Å². The average Bonchev–Trinajstić information content (AvgIpc) is 3.26. The number of aryl methyl sites for hydroxylation is 1. The number of aromatic nitrogens is 4. The SMILES string of the molecule is CCOC(=O)c1cnc(Nc2ccc(-c3nc(C)c[nH]3)c(OC)c2)nc1Cc1ccccc1. The predicted octanol–water partition coefficient (Wildman–Crippen LogP) is 4.69. The highest BCUT2D eigenvalue weighted by molar-refractivity contribution is 5.90. The van der Waals surface area contributed by atoms with E-state index in [4.69, 9.17) is 9.47 Å². The highest BCUT2D eigenvalue weighted by Gasteiger charge is 2.17. The number of esters is 1. The molecule has 0 amide bonds. The minimum Gasteiger partial charge on any atom is -0.496 e. The van der Waals surface area contributed by atoms with Crippen molar-refractivity contribution in [2.45, 2.75) is 20.3 Å². The Bertz CT molecular complexity index is 1250. The lowest BCUT2D eigenvalue weighted by atomic mass is 10.1. The molecule has 2 N–H and O–H groups in total. The maximum Gasteiger partial charge on any atom is 0.341 e. The quantitative estimate of drug-likeness (QED) is 0.381. The maximum absolute atomic E-state index is 12.4. The van der Waals surface area contributed by atoms with Crippen LogP contribution in [0.25, 0.3) is 11.4 Å². The summed E-state index contributed by atoms with van der Waals surface area (Å²) in [5.41, 5.74) is 4.47. The fourth-order valence-electron chi connectivity index (χ4n) is 3.43. The Hall–Kier alpha value is -4.20. The highest BCUT2D eigenvalue weighted by Crippen LogP contribution is 2.31. The van der Waals surface area contributed by atoms with E-state index < -0.39 is 5.97 Å². The van der Waals surface area contributed by atoms with Gasteiger partial charge < -0.3 is 19.8 Å². The Kier molecular flexibility index (Phi) is 6.64. The maximum atomic E-state index is 12.4. The minimum absolute atomic E-state index is 0.283. The summed E-state index contributed by atoms with van der Waals surface area (Å²) in [6.45, 7) is 3.98. The van der Waals surface area contributed by atoms with Crippen molar-refractivity contribution in [1.29, 1.82) is 0 Å². The fourth-order valence-corrected chi connectivity index (χ4v) is 3.43. The van der Waals surface area contributed by atoms with Gasteiger partial charge in [0.2, 0.25) is 5.95 Å². The van der Waals surface area contributed by atoms with Crippen LogP contribution < -0.4 is 10.1 Å². The van der Waals surface area contributed by atoms with E-state index in [1.54, 1.807) is 14.0 Å². The minimum atomic E-state index is -0.435. The van der Waals surface area contributed by atoms with Gasteiger partial charge in [0, 0.05) is 30.6 Å². The molecule has 0 fully saturated rings. The summed E-state index contributed by atoms with van der Waals surface area (Å²) in [4.78, 5) is 29.0. The number of anilines is 2. The van der Waals surface area contributed by atoms with E-state index >= 15 is 0 Å². The first-order valence-electron chi connectivity index (χ1n) is 10.6. The number of ether oxygens (including phenoxy) is 2. The summed E-state index contributed by atoms with van der Waals surface area (Å²) in [5, 5.41) is 3.20. The molecule has 0 radical (unpaired) electrons. The van der Waals surface area contributed by atoms with Crippen LogP contribution in [-0.4, -0.2) is 39.6 Å². The lowest BCUT2D eigenvalue weighted by molar-refractivity contribution is 0.0524. The van der Waals surface area contributed by atoms with Crippen LogP contribution in [0.5, 0.6) is 5.75 Å². The molecule has 2 heterocycles. The number of nitrogens with zero attached hydrogens (tertiary/aromatic N) is 3. The lowest BCUT2D eigenvalue weighted by Gasteiger charge is -2.13. The summed E-state index contributed by atoms with van der Waals surface area (Å²) < 4.78 is 10.8. The van der Waals surface area contributed by atoms with Gasteiger partial charge in [-0.05, 0) is 31.5 Å². The number of H-pyrrole nitrogens is 1. The predicted molar refractivity (Wildman–Crippen MR) is 126 cm³/mol. The number of methoxy groups -OCH3 is 1. The molecule has 4 aromatic rings. The van der Waals surface area contributed by atoms with Crippen molar-refractivity contribution in [3.05, 3.63) is 83.4 Å². The molecule has 4 rings (SSSR count). The van der Waals surface area contributed by atoms with Gasteiger partial charge in [-0.25, -0.2) is 19.7 Å². The third-order valence-corrected chi connectivity index (χ3v) is 5.00. The summed E-state index contributed by atoms with van der Waals surface area (Å²) >= 11 is 0. The third-order valence-electron chi connectivity index (χ3n) is 5.00. The monoisotopic (exact) mass is 443 g/mol. The molecule has 8 heteroatoms. The first-order valence-corrected chi connectivity index (χ1v) is 10.6. The van der Waals surface area contributed by atoms with Gasteiger partial charge in [-0.2, -0.15) is 0 Å². The molecular formula is C25H25N5O3. The zero-order valence-corrected chi connectivity index (χ0v) is 18.8. The number of imidazole rings is 1. The van der Waals surface area contributed by atoms with Crippen LogP contribution in [0, 0.1) is 6.92 Å². The molecule has 168 valence electrons. The lowest BCUT2D eigenvalue weighted by Crippen LogP contribution is -2.12. The zero-order chi connectivity index (χ0) is 23.2. The molecule has 0 bridgehead atoms. The van der Waals surface area contributed by atoms with Gasteiger partial charge in [-0.1, -0.05) is 30.3 Å². The Balaban J connectivity index is 1.63. The van der Waals surface area contributed by atoms with E-state index in [2.05, 4.69) is 25.3 Å². The number of hydrogen-bond acceptors (Lipinski definition) is 7. The number of benzene rings is 2. The average molecular weight is 444 g/mol. The summed E-state index contributed by atoms with van der Waals surface area (Å²) in [6, 6.07) is 15.5. The summed E-state index contributed by atoms with van der Waals surface area (Å²) in [6.07, 6.45) is 3.82. The molecule has 0 spiro atoms. The molecular weight excluding hydrogens is 418 g/mol. The Morgan fingerprint density at radius 2 is 1.94 bits per heavy atom. The molecule has 0 aliphatic rings. The molecule has 0 aliphatic heterocycles. The number of carbonyl (C=O) groups is 1. The molecule has 2 aromatic heterocycles. The van der Waals surface area contributed by atoms with Crippen molar-refractivity contribution >= 4 is 17.6 Å². The Labute approximate surface area is 192 Å². The first kappa shape index (κ1) is 22.0. The van der Waals surface area contributed by atoms with Gasteiger partial charge in [-0.3, -0.25) is 0 Å². The van der Waals surface area contributed by atoms with Crippen molar-refractivity contribution in [2.75, 3.05) is 19.0 Å².